The molecular weight excluding hydrogens is 166 g/mol. The third-order valence-electron chi connectivity index (χ3n) is 1.77. The number of thioether (sulfide) groups is 1. The lowest BCUT2D eigenvalue weighted by molar-refractivity contribution is -0.145. The van der Waals surface area contributed by atoms with E-state index in [4.69, 9.17) is 5.11 Å². The molecule has 1 saturated heterocycles. The summed E-state index contributed by atoms with van der Waals surface area (Å²) in [7, 11) is 0. The average Bonchev–Trinajstić information content (AvgIpc) is 2.38. The quantitative estimate of drug-likeness (QED) is 0.577. The lowest BCUT2D eigenvalue weighted by atomic mass is 10.00. The molecule has 62 valence electrons. The summed E-state index contributed by atoms with van der Waals surface area (Å²) in [4.78, 5) is 20.8. The number of amides is 1. The fourth-order valence-corrected chi connectivity index (χ4v) is 2.36. The van der Waals surface area contributed by atoms with Crippen LogP contribution in [-0.4, -0.2) is 34.5 Å². The lowest BCUT2D eigenvalue weighted by Gasteiger charge is -2.21. The van der Waals surface area contributed by atoms with Crippen molar-refractivity contribution in [1.82, 2.24) is 5.32 Å². The van der Waals surface area contributed by atoms with Gasteiger partial charge in [0, 0.05) is 5.75 Å². The number of carbonyl (C=O) groups excluding carboxylic acids is 1. The van der Waals surface area contributed by atoms with Crippen molar-refractivity contribution < 1.29 is 14.7 Å². The standard InChI is InChI=1S/C6H9NO3S/c8-4-7-6(5(9)10)1-2-11-3-6/h4H,1-3H2,(H,7,8)(H,9,10). The van der Waals surface area contributed by atoms with Crippen LogP contribution in [0.5, 0.6) is 0 Å². The first-order chi connectivity index (χ1) is 5.21. The molecule has 0 aromatic heterocycles. The van der Waals surface area contributed by atoms with Gasteiger partial charge in [0.05, 0.1) is 0 Å². The predicted molar refractivity (Wildman–Crippen MR) is 41.5 cm³/mol. The molecule has 0 bridgehead atoms. The smallest absolute Gasteiger partial charge is 0.330 e. The average molecular weight is 175 g/mol. The molecule has 1 rings (SSSR count). The highest BCUT2D eigenvalue weighted by Crippen LogP contribution is 2.27. The van der Waals surface area contributed by atoms with Crippen LogP contribution in [0.15, 0.2) is 0 Å². The van der Waals surface area contributed by atoms with Crippen LogP contribution in [0.2, 0.25) is 0 Å². The van der Waals surface area contributed by atoms with Crippen LogP contribution in [0.1, 0.15) is 6.42 Å². The summed E-state index contributed by atoms with van der Waals surface area (Å²) >= 11 is 1.55. The molecule has 2 N–H and O–H groups in total. The topological polar surface area (TPSA) is 66.4 Å². The Morgan fingerprint density at radius 2 is 2.45 bits per heavy atom. The molecule has 1 amide bonds. The molecular formula is C6H9NO3S. The number of hydrogen-bond acceptors (Lipinski definition) is 3. The predicted octanol–water partition coefficient (Wildman–Crippen LogP) is -0.307. The normalized spacial score (nSPS) is 29.8. The second-order valence-corrected chi connectivity index (χ2v) is 3.56. The minimum Gasteiger partial charge on any atom is -0.479 e. The van der Waals surface area contributed by atoms with E-state index in [9.17, 15) is 9.59 Å². The van der Waals surface area contributed by atoms with Crippen molar-refractivity contribution in [2.75, 3.05) is 11.5 Å². The Kier molecular flexibility index (Phi) is 2.38. The summed E-state index contributed by atoms with van der Waals surface area (Å²) in [5, 5.41) is 11.1. The van der Waals surface area contributed by atoms with Crippen LogP contribution in [0, 0.1) is 0 Å². The molecule has 1 aliphatic rings. The summed E-state index contributed by atoms with van der Waals surface area (Å²) in [5.74, 6) is 0.336. The summed E-state index contributed by atoms with van der Waals surface area (Å²) in [6.45, 7) is 0. The second-order valence-electron chi connectivity index (χ2n) is 2.45. The summed E-state index contributed by atoms with van der Waals surface area (Å²) in [6.07, 6.45) is 0.978. The molecule has 0 aromatic rings. The molecule has 0 radical (unpaired) electrons. The van der Waals surface area contributed by atoms with E-state index in [0.717, 1.165) is 5.75 Å². The van der Waals surface area contributed by atoms with Gasteiger partial charge in [-0.1, -0.05) is 0 Å². The van der Waals surface area contributed by atoms with E-state index in [2.05, 4.69) is 5.32 Å². The van der Waals surface area contributed by atoms with Crippen molar-refractivity contribution in [3.8, 4) is 0 Å². The Balaban J connectivity index is 2.69. The molecule has 0 saturated carbocycles. The highest BCUT2D eigenvalue weighted by molar-refractivity contribution is 7.99. The first kappa shape index (κ1) is 8.39. The summed E-state index contributed by atoms with van der Waals surface area (Å²) in [6, 6.07) is 0. The van der Waals surface area contributed by atoms with Gasteiger partial charge < -0.3 is 10.4 Å². The largest absolute Gasteiger partial charge is 0.479 e. The molecule has 1 heterocycles. The molecule has 1 unspecified atom stereocenters. The third-order valence-corrected chi connectivity index (χ3v) is 2.96. The maximum Gasteiger partial charge on any atom is 0.330 e. The Hall–Kier alpha value is -0.710. The Morgan fingerprint density at radius 3 is 2.82 bits per heavy atom. The van der Waals surface area contributed by atoms with E-state index in [1.807, 2.05) is 0 Å². The maximum absolute atomic E-state index is 10.7. The first-order valence-electron chi connectivity index (χ1n) is 3.24. The van der Waals surface area contributed by atoms with E-state index in [1.165, 1.54) is 0 Å². The SMILES string of the molecule is O=CNC1(C(=O)O)CCSC1. The van der Waals surface area contributed by atoms with Crippen molar-refractivity contribution in [2.24, 2.45) is 0 Å². The van der Waals surface area contributed by atoms with Gasteiger partial charge >= 0.3 is 5.97 Å². The zero-order valence-corrected chi connectivity index (χ0v) is 6.69. The fourth-order valence-electron chi connectivity index (χ4n) is 1.02. The number of nitrogens with one attached hydrogen (secondary N) is 1. The molecule has 0 aromatic carbocycles. The number of carboxylic acids is 1. The van der Waals surface area contributed by atoms with Crippen LogP contribution in [-0.2, 0) is 9.59 Å². The van der Waals surface area contributed by atoms with Crippen LogP contribution in [0.25, 0.3) is 0 Å². The van der Waals surface area contributed by atoms with Gasteiger partial charge in [0.15, 0.2) is 0 Å². The zero-order chi connectivity index (χ0) is 8.32. The number of carboxylic acid groups (broad SMARTS) is 1. The van der Waals surface area contributed by atoms with Crippen LogP contribution in [0.4, 0.5) is 0 Å². The third kappa shape index (κ3) is 1.48. The molecule has 1 atom stereocenters. The molecule has 4 nitrogen and oxygen atoms in total. The Morgan fingerprint density at radius 1 is 1.73 bits per heavy atom. The molecule has 1 aliphatic heterocycles. The van der Waals surface area contributed by atoms with Gasteiger partial charge in [-0.25, -0.2) is 4.79 Å². The fraction of sp³-hybridized carbons (Fsp3) is 0.667. The zero-order valence-electron chi connectivity index (χ0n) is 5.87. The van der Waals surface area contributed by atoms with E-state index in [0.29, 0.717) is 18.6 Å². The van der Waals surface area contributed by atoms with Gasteiger partial charge in [-0.05, 0) is 12.2 Å². The van der Waals surface area contributed by atoms with Gasteiger partial charge in [0.25, 0.3) is 0 Å². The Bertz CT molecular complexity index is 177. The maximum atomic E-state index is 10.7. The number of aliphatic carboxylic acids is 1. The number of rotatable bonds is 3. The Labute approximate surface area is 68.3 Å². The van der Waals surface area contributed by atoms with E-state index >= 15 is 0 Å². The summed E-state index contributed by atoms with van der Waals surface area (Å²) in [5.41, 5.74) is -0.994. The first-order valence-corrected chi connectivity index (χ1v) is 4.39. The highest BCUT2D eigenvalue weighted by atomic mass is 32.2. The van der Waals surface area contributed by atoms with E-state index < -0.39 is 11.5 Å². The molecule has 11 heavy (non-hydrogen) atoms. The monoisotopic (exact) mass is 175 g/mol. The van der Waals surface area contributed by atoms with E-state index in [-0.39, 0.29) is 0 Å². The van der Waals surface area contributed by atoms with Gasteiger partial charge in [0.1, 0.15) is 5.54 Å². The number of hydrogen-bond donors (Lipinski definition) is 2. The highest BCUT2D eigenvalue weighted by Gasteiger charge is 2.41. The van der Waals surface area contributed by atoms with Crippen molar-refractivity contribution in [3.63, 3.8) is 0 Å². The van der Waals surface area contributed by atoms with Crippen molar-refractivity contribution in [2.45, 2.75) is 12.0 Å². The van der Waals surface area contributed by atoms with Crippen LogP contribution >= 0.6 is 11.8 Å². The molecule has 0 aliphatic carbocycles. The van der Waals surface area contributed by atoms with Gasteiger partial charge in [-0.3, -0.25) is 4.79 Å². The minimum atomic E-state index is -0.994. The van der Waals surface area contributed by atoms with Crippen molar-refractivity contribution in [3.05, 3.63) is 0 Å². The van der Waals surface area contributed by atoms with Gasteiger partial charge in [0.2, 0.25) is 6.41 Å². The molecule has 5 heteroatoms. The van der Waals surface area contributed by atoms with E-state index in [1.54, 1.807) is 11.8 Å². The van der Waals surface area contributed by atoms with Crippen molar-refractivity contribution >= 4 is 24.1 Å². The lowest BCUT2D eigenvalue weighted by Crippen LogP contribution is -2.51. The van der Waals surface area contributed by atoms with Crippen molar-refractivity contribution in [1.29, 1.82) is 0 Å². The van der Waals surface area contributed by atoms with Crippen LogP contribution < -0.4 is 5.32 Å². The minimum absolute atomic E-state index is 0.458. The van der Waals surface area contributed by atoms with Gasteiger partial charge in [-0.15, -0.1) is 0 Å². The van der Waals surface area contributed by atoms with Crippen LogP contribution in [0.3, 0.4) is 0 Å². The van der Waals surface area contributed by atoms with Gasteiger partial charge in [-0.2, -0.15) is 11.8 Å². The molecule has 0 spiro atoms. The number of carbonyl (C=O) groups is 2. The molecule has 1 fully saturated rings. The second kappa shape index (κ2) is 3.13. The summed E-state index contributed by atoms with van der Waals surface area (Å²) < 4.78 is 0.